The van der Waals surface area contributed by atoms with Crippen molar-refractivity contribution in [2.24, 2.45) is 0 Å². The van der Waals surface area contributed by atoms with Crippen molar-refractivity contribution >= 4 is 17.2 Å². The molecule has 2 aromatic rings. The van der Waals surface area contributed by atoms with Gasteiger partial charge in [-0.05, 0) is 50.8 Å². The van der Waals surface area contributed by atoms with Crippen LogP contribution in [0.2, 0.25) is 0 Å². The number of aromatic nitrogens is 2. The molecule has 1 aromatic heterocycles. The zero-order chi connectivity index (χ0) is 18.9. The number of nitrogens with one attached hydrogen (secondary N) is 2. The topological polar surface area (TPSA) is 106 Å². The van der Waals surface area contributed by atoms with Crippen LogP contribution in [0.1, 0.15) is 43.9 Å². The summed E-state index contributed by atoms with van der Waals surface area (Å²) in [6, 6.07) is 7.22. The molecule has 7 nitrogen and oxygen atoms in total. The molecule has 142 valence electrons. The van der Waals surface area contributed by atoms with E-state index in [9.17, 15) is 0 Å². The van der Waals surface area contributed by atoms with Crippen LogP contribution in [0, 0.1) is 5.41 Å². The summed E-state index contributed by atoms with van der Waals surface area (Å²) in [4.78, 5) is 8.49. The molecule has 4 N–H and O–H groups in total. The minimum absolute atomic E-state index is 0.0795. The molecule has 1 saturated carbocycles. The fourth-order valence-corrected chi connectivity index (χ4v) is 3.13. The highest BCUT2D eigenvalue weighted by molar-refractivity contribution is 6.13. The van der Waals surface area contributed by atoms with Gasteiger partial charge in [0.25, 0.3) is 0 Å². The first kappa shape index (κ1) is 17.7. The van der Waals surface area contributed by atoms with Gasteiger partial charge in [-0.2, -0.15) is 0 Å². The molecule has 1 aromatic carbocycles. The number of anilines is 2. The van der Waals surface area contributed by atoms with E-state index in [1.54, 1.807) is 12.1 Å². The van der Waals surface area contributed by atoms with Crippen LogP contribution in [0.5, 0.6) is 5.75 Å². The number of benzene rings is 1. The summed E-state index contributed by atoms with van der Waals surface area (Å²) in [5.74, 6) is 1.41. The zero-order valence-corrected chi connectivity index (χ0v) is 15.5. The van der Waals surface area contributed by atoms with E-state index in [1.807, 2.05) is 12.1 Å². The number of hydrogen-bond acceptors (Lipinski definition) is 7. The third-order valence-electron chi connectivity index (χ3n) is 5.07. The van der Waals surface area contributed by atoms with Crippen molar-refractivity contribution in [3.05, 3.63) is 41.9 Å². The van der Waals surface area contributed by atoms with Gasteiger partial charge in [0.1, 0.15) is 23.5 Å². The molecule has 1 atom stereocenters. The molecule has 2 fully saturated rings. The summed E-state index contributed by atoms with van der Waals surface area (Å²) in [5.41, 5.74) is 7.94. The Morgan fingerprint density at radius 2 is 2.22 bits per heavy atom. The summed E-state index contributed by atoms with van der Waals surface area (Å²) in [6.45, 7) is 3.61. The standard InChI is InChI=1S/C20H25N5O2/c1-20(6-7-20)27-13-4-5-16(21)15(9-13)19(22)17-10-18(25-12-24-17)23-11-14-3-2-8-26-14/h4-5,9-10,12,14,22H,2-3,6-8,11,21H2,1H3,(H,23,24,25). The fourth-order valence-electron chi connectivity index (χ4n) is 3.13. The maximum Gasteiger partial charge on any atom is 0.130 e. The predicted molar refractivity (Wildman–Crippen MR) is 105 cm³/mol. The van der Waals surface area contributed by atoms with Crippen molar-refractivity contribution in [3.8, 4) is 5.75 Å². The second kappa shape index (κ2) is 7.15. The van der Waals surface area contributed by atoms with E-state index >= 15 is 0 Å². The van der Waals surface area contributed by atoms with E-state index in [0.29, 0.717) is 29.3 Å². The molecule has 1 aliphatic heterocycles. The minimum Gasteiger partial charge on any atom is -0.488 e. The highest BCUT2D eigenvalue weighted by Crippen LogP contribution is 2.40. The van der Waals surface area contributed by atoms with Gasteiger partial charge in [-0.15, -0.1) is 0 Å². The van der Waals surface area contributed by atoms with Crippen molar-refractivity contribution in [1.82, 2.24) is 9.97 Å². The van der Waals surface area contributed by atoms with Gasteiger partial charge in [-0.1, -0.05) is 0 Å². The molecule has 0 radical (unpaired) electrons. The number of nitrogen functional groups attached to an aromatic ring is 1. The Kier molecular flexibility index (Phi) is 4.70. The fraction of sp³-hybridized carbons (Fsp3) is 0.450. The number of hydrogen-bond donors (Lipinski definition) is 3. The van der Waals surface area contributed by atoms with Crippen LogP contribution >= 0.6 is 0 Å². The molecule has 2 heterocycles. The molecular weight excluding hydrogens is 342 g/mol. The van der Waals surface area contributed by atoms with Crippen molar-refractivity contribution in [3.63, 3.8) is 0 Å². The van der Waals surface area contributed by atoms with E-state index in [4.69, 9.17) is 20.6 Å². The summed E-state index contributed by atoms with van der Waals surface area (Å²) in [6.07, 6.45) is 5.94. The molecule has 0 spiro atoms. The summed E-state index contributed by atoms with van der Waals surface area (Å²) >= 11 is 0. The van der Waals surface area contributed by atoms with Gasteiger partial charge >= 0.3 is 0 Å². The summed E-state index contributed by atoms with van der Waals surface area (Å²) in [7, 11) is 0. The van der Waals surface area contributed by atoms with Gasteiger partial charge in [0.05, 0.1) is 17.5 Å². The van der Waals surface area contributed by atoms with E-state index < -0.39 is 0 Å². The van der Waals surface area contributed by atoms with Gasteiger partial charge in [0.2, 0.25) is 0 Å². The lowest BCUT2D eigenvalue weighted by molar-refractivity contribution is 0.120. The maximum atomic E-state index is 8.57. The van der Waals surface area contributed by atoms with Crippen molar-refractivity contribution in [2.45, 2.75) is 44.3 Å². The first-order valence-electron chi connectivity index (χ1n) is 9.38. The molecule has 4 rings (SSSR count). The molecule has 27 heavy (non-hydrogen) atoms. The Balaban J connectivity index is 1.50. The first-order valence-corrected chi connectivity index (χ1v) is 9.38. The smallest absolute Gasteiger partial charge is 0.130 e. The van der Waals surface area contributed by atoms with E-state index in [0.717, 1.165) is 38.0 Å². The van der Waals surface area contributed by atoms with Gasteiger partial charge in [-0.3, -0.25) is 5.41 Å². The van der Waals surface area contributed by atoms with Gasteiger partial charge in [0, 0.05) is 30.5 Å². The average Bonchev–Trinajstić information content (AvgIpc) is 3.17. The van der Waals surface area contributed by atoms with Crippen LogP contribution in [-0.2, 0) is 4.74 Å². The first-order chi connectivity index (χ1) is 13.0. The number of nitrogens with two attached hydrogens (primary N) is 1. The zero-order valence-electron chi connectivity index (χ0n) is 15.5. The van der Waals surface area contributed by atoms with Crippen molar-refractivity contribution < 1.29 is 9.47 Å². The Hall–Kier alpha value is -2.67. The normalized spacial score (nSPS) is 20.3. The third-order valence-corrected chi connectivity index (χ3v) is 5.07. The van der Waals surface area contributed by atoms with Crippen LogP contribution in [0.25, 0.3) is 0 Å². The molecule has 1 aliphatic carbocycles. The second-order valence-electron chi connectivity index (χ2n) is 7.48. The van der Waals surface area contributed by atoms with Crippen LogP contribution in [0.15, 0.2) is 30.6 Å². The lowest BCUT2D eigenvalue weighted by atomic mass is 10.0. The van der Waals surface area contributed by atoms with Crippen LogP contribution in [-0.4, -0.2) is 40.5 Å². The van der Waals surface area contributed by atoms with Gasteiger partial charge in [-0.25, -0.2) is 9.97 Å². The van der Waals surface area contributed by atoms with Gasteiger partial charge < -0.3 is 20.5 Å². The lowest BCUT2D eigenvalue weighted by Crippen LogP contribution is -2.19. The van der Waals surface area contributed by atoms with Crippen molar-refractivity contribution in [2.75, 3.05) is 24.2 Å². The molecule has 0 bridgehead atoms. The highest BCUT2D eigenvalue weighted by atomic mass is 16.5. The lowest BCUT2D eigenvalue weighted by Gasteiger charge is -2.15. The second-order valence-corrected chi connectivity index (χ2v) is 7.48. The quantitative estimate of drug-likeness (QED) is 0.513. The van der Waals surface area contributed by atoms with Crippen LogP contribution in [0.4, 0.5) is 11.5 Å². The average molecular weight is 367 g/mol. The maximum absolute atomic E-state index is 8.57. The van der Waals surface area contributed by atoms with E-state index in [-0.39, 0.29) is 17.4 Å². The SMILES string of the molecule is CC1(Oc2ccc(N)c(C(=N)c3cc(NCC4CCCO4)ncn3)c2)CC1. The molecule has 2 aliphatic rings. The molecule has 1 unspecified atom stereocenters. The molecule has 0 amide bonds. The number of nitrogens with zero attached hydrogens (tertiary/aromatic N) is 2. The molecular formula is C20H25N5O2. The predicted octanol–water partition coefficient (Wildman–Crippen LogP) is 3.00. The van der Waals surface area contributed by atoms with Gasteiger partial charge in [0.15, 0.2) is 0 Å². The Morgan fingerprint density at radius 1 is 1.37 bits per heavy atom. The third kappa shape index (κ3) is 4.19. The Labute approximate surface area is 158 Å². The molecule has 1 saturated heterocycles. The van der Waals surface area contributed by atoms with Crippen molar-refractivity contribution in [1.29, 1.82) is 5.41 Å². The van der Waals surface area contributed by atoms with E-state index in [1.165, 1.54) is 6.33 Å². The summed E-state index contributed by atoms with van der Waals surface area (Å²) < 4.78 is 11.6. The minimum atomic E-state index is -0.0795. The Bertz CT molecular complexity index is 844. The molecule has 7 heteroatoms. The van der Waals surface area contributed by atoms with Crippen LogP contribution < -0.4 is 15.8 Å². The van der Waals surface area contributed by atoms with Crippen LogP contribution in [0.3, 0.4) is 0 Å². The highest BCUT2D eigenvalue weighted by Gasteiger charge is 2.40. The van der Waals surface area contributed by atoms with E-state index in [2.05, 4.69) is 22.2 Å². The number of ether oxygens (including phenoxy) is 2. The number of rotatable bonds is 7. The Morgan fingerprint density at radius 3 is 2.96 bits per heavy atom. The monoisotopic (exact) mass is 367 g/mol. The summed E-state index contributed by atoms with van der Waals surface area (Å²) in [5, 5.41) is 11.8. The largest absolute Gasteiger partial charge is 0.488 e.